The van der Waals surface area contributed by atoms with Gasteiger partial charge in [-0.15, -0.1) is 0 Å². The van der Waals surface area contributed by atoms with Crippen molar-refractivity contribution in [3.05, 3.63) is 23.2 Å². The van der Waals surface area contributed by atoms with Crippen LogP contribution in [-0.2, 0) is 23.5 Å². The number of Topliss-reactive ketones (excluding diaryl/α,β-unsaturated/α-hetero) is 1. The average Bonchev–Trinajstić information content (AvgIpc) is 3.30. The summed E-state index contributed by atoms with van der Waals surface area (Å²) < 4.78 is 18.0. The quantitative estimate of drug-likeness (QED) is 0.136. The maximum absolute atomic E-state index is 12.3. The van der Waals surface area contributed by atoms with E-state index in [-0.39, 0.29) is 35.6 Å². The maximum Gasteiger partial charge on any atom is 0.313 e. The first kappa shape index (κ1) is 25.3. The van der Waals surface area contributed by atoms with Gasteiger partial charge in [0.05, 0.1) is 19.3 Å². The largest absolute Gasteiger partial charge is 0.469 e. The minimum absolute atomic E-state index is 0.0388. The highest BCUT2D eigenvalue weighted by Crippen LogP contribution is 2.42. The fraction of sp³-hybridized carbons (Fsp3) is 0.714. The van der Waals surface area contributed by atoms with Gasteiger partial charge in [-0.1, -0.05) is 62.4 Å². The molecule has 0 spiro atoms. The molecule has 0 radical (unpaired) electrons. The van der Waals surface area contributed by atoms with Gasteiger partial charge in [0.1, 0.15) is 12.5 Å². The van der Waals surface area contributed by atoms with E-state index in [1.54, 1.807) is 6.92 Å². The van der Waals surface area contributed by atoms with Crippen LogP contribution in [0, 0.1) is 5.92 Å². The lowest BCUT2D eigenvalue weighted by molar-refractivity contribution is -0.143. The Hall–Kier alpha value is -0.763. The minimum Gasteiger partial charge on any atom is -0.469 e. The first-order valence-corrected chi connectivity index (χ1v) is 13.3. The molecule has 28 heavy (non-hydrogen) atoms. The molecule has 0 bridgehead atoms. The van der Waals surface area contributed by atoms with Crippen LogP contribution in [-0.4, -0.2) is 45.5 Å². The summed E-state index contributed by atoms with van der Waals surface area (Å²) in [6.45, 7) is 20.8. The summed E-state index contributed by atoms with van der Waals surface area (Å²) in [6.07, 6.45) is 0.871. The average molecular weight is 475 g/mol. The zero-order valence-electron chi connectivity index (χ0n) is 18.3. The fourth-order valence-electron chi connectivity index (χ4n) is 2.68. The zero-order chi connectivity index (χ0) is 21.9. The van der Waals surface area contributed by atoms with Crippen LogP contribution in [0.1, 0.15) is 47.0 Å². The third kappa shape index (κ3) is 7.24. The van der Waals surface area contributed by atoms with Gasteiger partial charge in [0, 0.05) is 12.3 Å². The van der Waals surface area contributed by atoms with E-state index in [0.29, 0.717) is 6.42 Å². The summed E-state index contributed by atoms with van der Waals surface area (Å²) >= 11 is 3.39. The van der Waals surface area contributed by atoms with Gasteiger partial charge in [0.2, 0.25) is 0 Å². The fourth-order valence-corrected chi connectivity index (χ4v) is 4.32. The molecule has 4 atom stereocenters. The Kier molecular flexibility index (Phi) is 8.87. The zero-order valence-corrected chi connectivity index (χ0v) is 20.9. The van der Waals surface area contributed by atoms with E-state index in [4.69, 9.17) is 9.16 Å². The van der Waals surface area contributed by atoms with Crippen molar-refractivity contribution >= 4 is 36.0 Å². The summed E-state index contributed by atoms with van der Waals surface area (Å²) in [5.74, 6) is -1.15. The molecule has 0 aromatic rings. The number of carbonyl (C=O) groups is 2. The Labute approximate surface area is 179 Å². The van der Waals surface area contributed by atoms with Crippen LogP contribution in [0.3, 0.4) is 0 Å². The molecule has 1 aliphatic rings. The van der Waals surface area contributed by atoms with Crippen molar-refractivity contribution in [2.75, 3.05) is 7.11 Å². The Morgan fingerprint density at radius 2 is 1.82 bits per heavy atom. The molecule has 0 unspecified atom stereocenters. The number of ether oxygens (including phenoxy) is 2. The molecule has 0 aliphatic carbocycles. The third-order valence-corrected chi connectivity index (χ3v) is 10.6. The summed E-state index contributed by atoms with van der Waals surface area (Å²) in [7, 11) is -0.757. The number of hydrogen-bond donors (Lipinski definition) is 0. The highest BCUT2D eigenvalue weighted by molar-refractivity contribution is 9.11. The number of esters is 1. The third-order valence-electron chi connectivity index (χ3n) is 5.77. The number of rotatable bonds is 11. The standard InChI is InChI=1S/C21H35BrO5Si/c1-13(15(3)16(23)12-19(24)25-7)10-18(20-17(26-20)11-14(2)22)27-28(8,9)21(4,5)6/h15,17-18,20H,1-2,10-12H2,3-9H3/t15-,17+,18+,20-/m1/s1. The Bertz CT molecular complexity index is 623. The number of halogens is 1. The van der Waals surface area contributed by atoms with Gasteiger partial charge in [0.25, 0.3) is 0 Å². The predicted octanol–water partition coefficient (Wildman–Crippen LogP) is 5.16. The van der Waals surface area contributed by atoms with Gasteiger partial charge in [-0.2, -0.15) is 0 Å². The molecule has 1 aliphatic heterocycles. The maximum atomic E-state index is 12.3. The van der Waals surface area contributed by atoms with Crippen LogP contribution in [0.2, 0.25) is 18.1 Å². The van der Waals surface area contributed by atoms with E-state index in [1.165, 1.54) is 7.11 Å². The van der Waals surface area contributed by atoms with Gasteiger partial charge in [-0.3, -0.25) is 9.59 Å². The van der Waals surface area contributed by atoms with Gasteiger partial charge in [-0.05, 0) is 29.0 Å². The van der Waals surface area contributed by atoms with Gasteiger partial charge in [-0.25, -0.2) is 0 Å². The normalized spacial score (nSPS) is 21.6. The van der Waals surface area contributed by atoms with Gasteiger partial charge >= 0.3 is 5.97 Å². The highest BCUT2D eigenvalue weighted by atomic mass is 79.9. The molecule has 0 N–H and O–H groups in total. The summed E-state index contributed by atoms with van der Waals surface area (Å²) in [5, 5.41) is 0.0578. The van der Waals surface area contributed by atoms with Gasteiger partial charge in [0.15, 0.2) is 14.1 Å². The molecular weight excluding hydrogens is 440 g/mol. The molecule has 7 heteroatoms. The molecule has 1 rings (SSSR count). The van der Waals surface area contributed by atoms with E-state index in [2.05, 4.69) is 67.7 Å². The van der Waals surface area contributed by atoms with Crippen molar-refractivity contribution in [2.24, 2.45) is 5.92 Å². The second-order valence-corrected chi connectivity index (χ2v) is 15.0. The van der Waals surface area contributed by atoms with Crippen molar-refractivity contribution in [3.8, 4) is 0 Å². The van der Waals surface area contributed by atoms with Crippen LogP contribution in [0.25, 0.3) is 0 Å². The van der Waals surface area contributed by atoms with Crippen molar-refractivity contribution in [1.82, 2.24) is 0 Å². The molecule has 0 aromatic carbocycles. The Morgan fingerprint density at radius 3 is 2.29 bits per heavy atom. The van der Waals surface area contributed by atoms with E-state index >= 15 is 0 Å². The first-order chi connectivity index (χ1) is 12.7. The summed E-state index contributed by atoms with van der Waals surface area (Å²) in [6, 6.07) is 0. The lowest BCUT2D eigenvalue weighted by atomic mass is 9.91. The monoisotopic (exact) mass is 474 g/mol. The SMILES string of the molecule is C=C(Br)C[C@@H]1O[C@H]1[C@H](CC(=C)[C@@H](C)C(=O)CC(=O)OC)O[Si](C)(C)C(C)(C)C. The number of methoxy groups -OCH3 is 1. The van der Waals surface area contributed by atoms with Crippen LogP contribution < -0.4 is 0 Å². The van der Waals surface area contributed by atoms with E-state index in [1.807, 2.05) is 0 Å². The van der Waals surface area contributed by atoms with Gasteiger partial charge < -0.3 is 13.9 Å². The summed E-state index contributed by atoms with van der Waals surface area (Å²) in [5.41, 5.74) is 0.754. The lowest BCUT2D eigenvalue weighted by Crippen LogP contribution is -2.46. The molecule has 0 aromatic heterocycles. The molecule has 1 saturated heterocycles. The van der Waals surface area contributed by atoms with Crippen LogP contribution in [0.15, 0.2) is 23.2 Å². The number of epoxide rings is 1. The van der Waals surface area contributed by atoms with Crippen molar-refractivity contribution in [2.45, 2.75) is 83.4 Å². The number of hydrogen-bond acceptors (Lipinski definition) is 5. The van der Waals surface area contributed by atoms with Crippen LogP contribution >= 0.6 is 15.9 Å². The predicted molar refractivity (Wildman–Crippen MR) is 118 cm³/mol. The van der Waals surface area contributed by atoms with E-state index in [0.717, 1.165) is 16.5 Å². The Morgan fingerprint density at radius 1 is 1.25 bits per heavy atom. The highest BCUT2D eigenvalue weighted by Gasteiger charge is 2.49. The second kappa shape index (κ2) is 9.83. The molecule has 1 heterocycles. The number of carbonyl (C=O) groups excluding carboxylic acids is 2. The van der Waals surface area contributed by atoms with Crippen molar-refractivity contribution in [1.29, 1.82) is 0 Å². The van der Waals surface area contributed by atoms with Crippen molar-refractivity contribution in [3.63, 3.8) is 0 Å². The second-order valence-electron chi connectivity index (χ2n) is 9.08. The van der Waals surface area contributed by atoms with E-state index < -0.39 is 20.2 Å². The first-order valence-electron chi connectivity index (χ1n) is 9.63. The Balaban J connectivity index is 2.88. The molecule has 0 amide bonds. The molecular formula is C21H35BrO5Si. The summed E-state index contributed by atoms with van der Waals surface area (Å²) in [4.78, 5) is 23.7. The molecule has 1 fully saturated rings. The van der Waals surface area contributed by atoms with Crippen LogP contribution in [0.4, 0.5) is 0 Å². The van der Waals surface area contributed by atoms with Crippen molar-refractivity contribution < 1.29 is 23.5 Å². The van der Waals surface area contributed by atoms with Crippen LogP contribution in [0.5, 0.6) is 0 Å². The topological polar surface area (TPSA) is 65.1 Å². The minimum atomic E-state index is -2.04. The smallest absolute Gasteiger partial charge is 0.313 e. The molecule has 5 nitrogen and oxygen atoms in total. The molecule has 0 saturated carbocycles. The molecule has 160 valence electrons. The lowest BCUT2D eigenvalue weighted by Gasteiger charge is -2.39. The van der Waals surface area contributed by atoms with E-state index in [9.17, 15) is 9.59 Å². The number of ketones is 1.